The summed E-state index contributed by atoms with van der Waals surface area (Å²) in [6.07, 6.45) is 0. The van der Waals surface area contributed by atoms with Gasteiger partial charge < -0.3 is 4.84 Å². The minimum atomic E-state index is 0.667. The van der Waals surface area contributed by atoms with Crippen LogP contribution in [0.4, 0.5) is 0 Å². The van der Waals surface area contributed by atoms with Crippen molar-refractivity contribution in [3.05, 3.63) is 34.9 Å². The zero-order valence-electron chi connectivity index (χ0n) is 7.01. The Morgan fingerprint density at radius 1 is 1.50 bits per heavy atom. The van der Waals surface area contributed by atoms with E-state index in [9.17, 15) is 0 Å². The maximum atomic E-state index is 5.79. The number of hydroxylamine groups is 1. The molecule has 1 aromatic carbocycles. The average Bonchev–Trinajstić information content (AvgIpc) is 2.05. The van der Waals surface area contributed by atoms with Gasteiger partial charge in [-0.3, -0.25) is 0 Å². The third kappa shape index (κ3) is 3.22. The van der Waals surface area contributed by atoms with E-state index in [-0.39, 0.29) is 0 Å². The summed E-state index contributed by atoms with van der Waals surface area (Å²) >= 11 is 5.79. The molecule has 0 aliphatic rings. The van der Waals surface area contributed by atoms with Crippen LogP contribution in [0.5, 0.6) is 0 Å². The standard InChI is InChI=1S/C9H12ClNO/c1-2-12-11-7-8-4-3-5-9(10)6-8/h3-6,11H,2,7H2,1H3. The number of hydrogen-bond acceptors (Lipinski definition) is 2. The van der Waals surface area contributed by atoms with Crippen LogP contribution in [-0.4, -0.2) is 6.61 Å². The molecule has 0 bridgehead atoms. The Morgan fingerprint density at radius 2 is 2.33 bits per heavy atom. The van der Waals surface area contributed by atoms with Crippen LogP contribution in [0, 0.1) is 0 Å². The van der Waals surface area contributed by atoms with Crippen molar-refractivity contribution in [2.75, 3.05) is 6.61 Å². The van der Waals surface area contributed by atoms with E-state index in [2.05, 4.69) is 5.48 Å². The first kappa shape index (κ1) is 9.52. The van der Waals surface area contributed by atoms with Crippen molar-refractivity contribution in [1.82, 2.24) is 5.48 Å². The third-order valence-corrected chi connectivity index (χ3v) is 1.65. The minimum Gasteiger partial charge on any atom is -0.302 e. The summed E-state index contributed by atoms with van der Waals surface area (Å²) < 4.78 is 0. The van der Waals surface area contributed by atoms with Gasteiger partial charge in [-0.05, 0) is 24.6 Å². The van der Waals surface area contributed by atoms with Gasteiger partial charge in [0.15, 0.2) is 0 Å². The number of rotatable bonds is 4. The van der Waals surface area contributed by atoms with Crippen molar-refractivity contribution in [3.63, 3.8) is 0 Å². The summed E-state index contributed by atoms with van der Waals surface area (Å²) in [6, 6.07) is 7.68. The van der Waals surface area contributed by atoms with E-state index in [0.29, 0.717) is 13.2 Å². The predicted octanol–water partition coefficient (Wildman–Crippen LogP) is 2.38. The third-order valence-electron chi connectivity index (χ3n) is 1.41. The van der Waals surface area contributed by atoms with Gasteiger partial charge in [0.05, 0.1) is 6.61 Å². The Labute approximate surface area is 77.4 Å². The molecule has 0 aliphatic heterocycles. The quantitative estimate of drug-likeness (QED) is 0.575. The zero-order valence-corrected chi connectivity index (χ0v) is 7.77. The molecule has 0 saturated heterocycles. The second kappa shape index (κ2) is 5.14. The summed E-state index contributed by atoms with van der Waals surface area (Å²) in [4.78, 5) is 4.98. The first-order valence-electron chi connectivity index (χ1n) is 3.92. The van der Waals surface area contributed by atoms with Gasteiger partial charge in [0.1, 0.15) is 0 Å². The van der Waals surface area contributed by atoms with E-state index in [4.69, 9.17) is 16.4 Å². The van der Waals surface area contributed by atoms with E-state index in [1.165, 1.54) is 0 Å². The summed E-state index contributed by atoms with van der Waals surface area (Å²) in [6.45, 7) is 3.29. The number of halogens is 1. The van der Waals surface area contributed by atoms with E-state index >= 15 is 0 Å². The highest BCUT2D eigenvalue weighted by Gasteiger charge is 1.92. The largest absolute Gasteiger partial charge is 0.302 e. The Kier molecular flexibility index (Phi) is 4.08. The molecule has 0 spiro atoms. The normalized spacial score (nSPS) is 10.2. The van der Waals surface area contributed by atoms with E-state index < -0.39 is 0 Å². The lowest BCUT2D eigenvalue weighted by molar-refractivity contribution is 0.0463. The lowest BCUT2D eigenvalue weighted by Crippen LogP contribution is -2.13. The first-order chi connectivity index (χ1) is 5.83. The maximum Gasteiger partial charge on any atom is 0.0654 e. The fraction of sp³-hybridized carbons (Fsp3) is 0.333. The SMILES string of the molecule is CCONCc1cccc(Cl)c1. The Balaban J connectivity index is 2.41. The van der Waals surface area contributed by atoms with Crippen LogP contribution in [-0.2, 0) is 11.4 Å². The van der Waals surface area contributed by atoms with Crippen LogP contribution in [0.1, 0.15) is 12.5 Å². The highest BCUT2D eigenvalue weighted by molar-refractivity contribution is 6.30. The molecule has 12 heavy (non-hydrogen) atoms. The molecule has 0 heterocycles. The molecule has 0 radical (unpaired) electrons. The van der Waals surface area contributed by atoms with Gasteiger partial charge in [0, 0.05) is 11.6 Å². The summed E-state index contributed by atoms with van der Waals surface area (Å²) in [5, 5.41) is 0.755. The Bertz CT molecular complexity index is 240. The van der Waals surface area contributed by atoms with E-state index in [0.717, 1.165) is 10.6 Å². The number of nitrogens with one attached hydrogen (secondary N) is 1. The smallest absolute Gasteiger partial charge is 0.0654 e. The minimum absolute atomic E-state index is 0.667. The summed E-state index contributed by atoms with van der Waals surface area (Å²) in [5.74, 6) is 0. The topological polar surface area (TPSA) is 21.3 Å². The molecule has 0 saturated carbocycles. The maximum absolute atomic E-state index is 5.79. The van der Waals surface area contributed by atoms with Gasteiger partial charge in [-0.25, -0.2) is 0 Å². The van der Waals surface area contributed by atoms with Gasteiger partial charge in [-0.2, -0.15) is 5.48 Å². The lowest BCUT2D eigenvalue weighted by Gasteiger charge is -2.03. The summed E-state index contributed by atoms with van der Waals surface area (Å²) in [5.41, 5.74) is 3.94. The van der Waals surface area contributed by atoms with Gasteiger partial charge in [-0.1, -0.05) is 23.7 Å². The van der Waals surface area contributed by atoms with Crippen LogP contribution in [0.25, 0.3) is 0 Å². The predicted molar refractivity (Wildman–Crippen MR) is 49.9 cm³/mol. The molecule has 1 rings (SSSR count). The first-order valence-corrected chi connectivity index (χ1v) is 4.30. The van der Waals surface area contributed by atoms with Crippen LogP contribution in [0.15, 0.2) is 24.3 Å². The highest BCUT2D eigenvalue weighted by Crippen LogP contribution is 2.09. The van der Waals surface area contributed by atoms with Crippen molar-refractivity contribution < 1.29 is 4.84 Å². The second-order valence-electron chi connectivity index (χ2n) is 2.38. The fourth-order valence-electron chi connectivity index (χ4n) is 0.883. The molecule has 2 nitrogen and oxygen atoms in total. The Hall–Kier alpha value is -0.570. The van der Waals surface area contributed by atoms with Crippen LogP contribution in [0.3, 0.4) is 0 Å². The molecule has 0 fully saturated rings. The van der Waals surface area contributed by atoms with Crippen molar-refractivity contribution >= 4 is 11.6 Å². The van der Waals surface area contributed by atoms with Crippen LogP contribution < -0.4 is 5.48 Å². The zero-order chi connectivity index (χ0) is 8.81. The van der Waals surface area contributed by atoms with Gasteiger partial charge in [-0.15, -0.1) is 0 Å². The van der Waals surface area contributed by atoms with Crippen LogP contribution >= 0.6 is 11.6 Å². The molecule has 0 atom stereocenters. The lowest BCUT2D eigenvalue weighted by atomic mass is 10.2. The van der Waals surface area contributed by atoms with Gasteiger partial charge in [0.2, 0.25) is 0 Å². The molecule has 1 N–H and O–H groups in total. The Morgan fingerprint density at radius 3 is 3.00 bits per heavy atom. The average molecular weight is 186 g/mol. The molecule has 0 aliphatic carbocycles. The molecule has 66 valence electrons. The summed E-state index contributed by atoms with van der Waals surface area (Å²) in [7, 11) is 0. The molecule has 3 heteroatoms. The molecular weight excluding hydrogens is 174 g/mol. The molecule has 1 aromatic rings. The van der Waals surface area contributed by atoms with Crippen molar-refractivity contribution in [3.8, 4) is 0 Å². The molecule has 0 unspecified atom stereocenters. The van der Waals surface area contributed by atoms with E-state index in [1.807, 2.05) is 31.2 Å². The van der Waals surface area contributed by atoms with Gasteiger partial charge >= 0.3 is 0 Å². The fourth-order valence-corrected chi connectivity index (χ4v) is 1.10. The van der Waals surface area contributed by atoms with E-state index in [1.54, 1.807) is 0 Å². The highest BCUT2D eigenvalue weighted by atomic mass is 35.5. The van der Waals surface area contributed by atoms with Crippen molar-refractivity contribution in [2.45, 2.75) is 13.5 Å². The number of hydrogen-bond donors (Lipinski definition) is 1. The number of benzene rings is 1. The van der Waals surface area contributed by atoms with Crippen LogP contribution in [0.2, 0.25) is 5.02 Å². The molecule has 0 aromatic heterocycles. The van der Waals surface area contributed by atoms with Crippen molar-refractivity contribution in [1.29, 1.82) is 0 Å². The molecule has 0 amide bonds. The van der Waals surface area contributed by atoms with Crippen molar-refractivity contribution in [2.24, 2.45) is 0 Å². The molecular formula is C9H12ClNO. The monoisotopic (exact) mass is 185 g/mol. The second-order valence-corrected chi connectivity index (χ2v) is 2.82. The van der Waals surface area contributed by atoms with Gasteiger partial charge in [0.25, 0.3) is 0 Å².